The van der Waals surface area contributed by atoms with Crippen LogP contribution in [0.4, 0.5) is 0 Å². The Hall–Kier alpha value is -2.31. The number of nitrogens with zero attached hydrogens (tertiary/aromatic N) is 2. The van der Waals surface area contributed by atoms with Crippen molar-refractivity contribution < 1.29 is 10.2 Å². The van der Waals surface area contributed by atoms with Crippen LogP contribution in [0, 0.1) is 0 Å². The largest absolute Gasteiger partial charge is 0.508 e. The van der Waals surface area contributed by atoms with Gasteiger partial charge in [-0.05, 0) is 42.5 Å². The smallest absolute Gasteiger partial charge is 0.128 e. The molecule has 0 radical (unpaired) electrons. The van der Waals surface area contributed by atoms with Crippen LogP contribution in [0.25, 0.3) is 0 Å². The number of hydrogen-bond acceptors (Lipinski definition) is 6. The fourth-order valence-electron chi connectivity index (χ4n) is 2.03. The lowest BCUT2D eigenvalue weighted by atomic mass is 10.0. The molecule has 2 rings (SSSR count). The van der Waals surface area contributed by atoms with Crippen molar-refractivity contribution in [2.24, 2.45) is 15.3 Å². The minimum absolute atomic E-state index is 0.00433. The average Bonchev–Trinajstić information content (AvgIpc) is 2.52. The van der Waals surface area contributed by atoms with Gasteiger partial charge in [-0.15, -0.1) is 0 Å². The molecule has 0 saturated carbocycles. The lowest BCUT2D eigenvalue weighted by Gasteiger charge is -2.08. The molecular formula is C16H17N3O2S. The number of hydrogen-bond donors (Lipinski definition) is 3. The van der Waals surface area contributed by atoms with Gasteiger partial charge in [0.1, 0.15) is 11.5 Å². The van der Waals surface area contributed by atoms with E-state index in [1.165, 1.54) is 23.2 Å². The van der Waals surface area contributed by atoms with E-state index < -0.39 is 0 Å². The molecule has 0 fully saturated rings. The van der Waals surface area contributed by atoms with E-state index >= 15 is 0 Å². The zero-order chi connectivity index (χ0) is 15.8. The van der Waals surface area contributed by atoms with Crippen molar-refractivity contribution in [2.75, 3.05) is 0 Å². The van der Waals surface area contributed by atoms with E-state index in [0.717, 1.165) is 18.4 Å². The van der Waals surface area contributed by atoms with Gasteiger partial charge in [-0.1, -0.05) is 30.3 Å². The molecule has 6 heteroatoms. The van der Waals surface area contributed by atoms with Crippen molar-refractivity contribution in [3.63, 3.8) is 0 Å². The number of benzene rings is 2. The minimum Gasteiger partial charge on any atom is -0.508 e. The molecule has 0 spiro atoms. The third-order valence-corrected chi connectivity index (χ3v) is 3.29. The van der Waals surface area contributed by atoms with Crippen molar-refractivity contribution in [1.82, 2.24) is 0 Å². The van der Waals surface area contributed by atoms with Gasteiger partial charge in [0.15, 0.2) is 0 Å². The van der Waals surface area contributed by atoms with E-state index in [4.69, 9.17) is 5.14 Å². The van der Waals surface area contributed by atoms with E-state index in [9.17, 15) is 10.2 Å². The number of aromatic hydroxyl groups is 2. The summed E-state index contributed by atoms with van der Waals surface area (Å²) in [5, 5.41) is 32.7. The van der Waals surface area contributed by atoms with E-state index in [1.807, 2.05) is 30.3 Å². The maximum atomic E-state index is 9.99. The number of nitrogens with two attached hydrogens (primary N) is 1. The molecule has 0 atom stereocenters. The summed E-state index contributed by atoms with van der Waals surface area (Å²) in [4.78, 5) is 0. The van der Waals surface area contributed by atoms with Crippen LogP contribution < -0.4 is 5.14 Å². The highest BCUT2D eigenvalue weighted by molar-refractivity contribution is 8.10. The summed E-state index contributed by atoms with van der Waals surface area (Å²) >= 11 is 0.959. The van der Waals surface area contributed by atoms with Gasteiger partial charge >= 0.3 is 0 Å². The molecule has 2 aromatic rings. The first-order chi connectivity index (χ1) is 10.7. The van der Waals surface area contributed by atoms with Crippen molar-refractivity contribution in [3.05, 3.63) is 59.7 Å². The first kappa shape index (κ1) is 16.1. The average molecular weight is 315 g/mol. The van der Waals surface area contributed by atoms with Crippen LogP contribution in [-0.2, 0) is 6.42 Å². The van der Waals surface area contributed by atoms with E-state index in [1.54, 1.807) is 6.07 Å². The normalized spacial score (nSPS) is 12.0. The Morgan fingerprint density at radius 1 is 1.14 bits per heavy atom. The van der Waals surface area contributed by atoms with Crippen LogP contribution in [0.3, 0.4) is 0 Å². The molecule has 0 amide bonds. The molecular weight excluding hydrogens is 298 g/mol. The minimum atomic E-state index is -0.0255. The van der Waals surface area contributed by atoms with Crippen LogP contribution >= 0.6 is 11.9 Å². The van der Waals surface area contributed by atoms with Gasteiger partial charge < -0.3 is 10.2 Å². The Morgan fingerprint density at radius 3 is 2.59 bits per heavy atom. The molecule has 2 aromatic carbocycles. The number of phenolic OH excluding ortho intramolecular Hbond substituents is 2. The SMILES string of the molecule is NS/C=N/N=C(\CCc1ccccc1)c1ccc(O)cc1O. The summed E-state index contributed by atoms with van der Waals surface area (Å²) in [5.74, 6) is -0.0212. The maximum Gasteiger partial charge on any atom is 0.128 e. The zero-order valence-corrected chi connectivity index (χ0v) is 12.7. The van der Waals surface area contributed by atoms with Crippen molar-refractivity contribution in [2.45, 2.75) is 12.8 Å². The molecule has 0 aliphatic rings. The molecule has 0 aliphatic carbocycles. The van der Waals surface area contributed by atoms with Gasteiger partial charge in [-0.25, -0.2) is 0 Å². The van der Waals surface area contributed by atoms with E-state index in [0.29, 0.717) is 17.7 Å². The first-order valence-corrected chi connectivity index (χ1v) is 7.65. The van der Waals surface area contributed by atoms with Gasteiger partial charge in [-0.3, -0.25) is 5.14 Å². The number of rotatable bonds is 6. The highest BCUT2D eigenvalue weighted by atomic mass is 32.2. The first-order valence-electron chi connectivity index (χ1n) is 6.71. The van der Waals surface area contributed by atoms with E-state index in [2.05, 4.69) is 10.2 Å². The molecule has 0 bridgehead atoms. The monoisotopic (exact) mass is 315 g/mol. The van der Waals surface area contributed by atoms with Crippen molar-refractivity contribution in [1.29, 1.82) is 0 Å². The van der Waals surface area contributed by atoms with Crippen LogP contribution in [-0.4, -0.2) is 21.5 Å². The van der Waals surface area contributed by atoms with Crippen LogP contribution in [0.15, 0.2) is 58.7 Å². The molecule has 0 aliphatic heterocycles. The Kier molecular flexibility index (Phi) is 6.00. The third kappa shape index (κ3) is 4.61. The molecule has 114 valence electrons. The second-order valence-electron chi connectivity index (χ2n) is 4.59. The second kappa shape index (κ2) is 8.21. The molecule has 0 heterocycles. The van der Waals surface area contributed by atoms with Crippen LogP contribution in [0.5, 0.6) is 11.5 Å². The Labute approximate surface area is 133 Å². The zero-order valence-electron chi connectivity index (χ0n) is 11.9. The van der Waals surface area contributed by atoms with Gasteiger partial charge in [-0.2, -0.15) is 10.2 Å². The van der Waals surface area contributed by atoms with Gasteiger partial charge in [0.2, 0.25) is 0 Å². The summed E-state index contributed by atoms with van der Waals surface area (Å²) in [5.41, 5.74) is 3.77. The fraction of sp³-hybridized carbons (Fsp3) is 0.125. The summed E-state index contributed by atoms with van der Waals surface area (Å²) < 4.78 is 0. The summed E-state index contributed by atoms with van der Waals surface area (Å²) in [6, 6.07) is 14.4. The molecule has 0 saturated heterocycles. The fourth-order valence-corrected chi connectivity index (χ4v) is 2.13. The van der Waals surface area contributed by atoms with E-state index in [-0.39, 0.29) is 11.5 Å². The standard InChI is InChI=1S/C16H17N3O2S/c17-22-11-18-19-15(9-6-12-4-2-1-3-5-12)14-8-7-13(20)10-16(14)21/h1-5,7-8,10-11,20-21H,6,9,17H2/b18-11+,19-15+. The lowest BCUT2D eigenvalue weighted by molar-refractivity contribution is 0.449. The quantitative estimate of drug-likeness (QED) is 0.331. The summed E-state index contributed by atoms with van der Waals surface area (Å²) in [6.07, 6.45) is 1.38. The summed E-state index contributed by atoms with van der Waals surface area (Å²) in [6.45, 7) is 0. The molecule has 4 N–H and O–H groups in total. The molecule has 0 aromatic heterocycles. The Bertz CT molecular complexity index is 672. The predicted octanol–water partition coefficient (Wildman–Crippen LogP) is 3.07. The third-order valence-electron chi connectivity index (χ3n) is 3.07. The predicted molar refractivity (Wildman–Crippen MR) is 91.3 cm³/mol. The number of phenols is 2. The molecule has 0 unspecified atom stereocenters. The highest BCUT2D eigenvalue weighted by Gasteiger charge is 2.10. The highest BCUT2D eigenvalue weighted by Crippen LogP contribution is 2.25. The maximum absolute atomic E-state index is 9.99. The molecule has 5 nitrogen and oxygen atoms in total. The van der Waals surface area contributed by atoms with Crippen LogP contribution in [0.1, 0.15) is 17.5 Å². The topological polar surface area (TPSA) is 91.2 Å². The molecule has 22 heavy (non-hydrogen) atoms. The number of aryl methyl sites for hydroxylation is 1. The second-order valence-corrected chi connectivity index (χ2v) is 5.07. The van der Waals surface area contributed by atoms with Crippen molar-refractivity contribution >= 4 is 23.2 Å². The summed E-state index contributed by atoms with van der Waals surface area (Å²) in [7, 11) is 0. The van der Waals surface area contributed by atoms with Crippen LogP contribution in [0.2, 0.25) is 0 Å². The lowest BCUT2D eigenvalue weighted by Crippen LogP contribution is -2.03. The Morgan fingerprint density at radius 2 is 1.91 bits per heavy atom. The van der Waals surface area contributed by atoms with Gasteiger partial charge in [0.05, 0.1) is 11.3 Å². The van der Waals surface area contributed by atoms with Gasteiger partial charge in [0.25, 0.3) is 0 Å². The van der Waals surface area contributed by atoms with Gasteiger partial charge in [0, 0.05) is 11.6 Å². The van der Waals surface area contributed by atoms with Crippen molar-refractivity contribution in [3.8, 4) is 11.5 Å². The Balaban J connectivity index is 2.23.